The minimum absolute atomic E-state index is 0.0230. The minimum Gasteiger partial charge on any atom is -0.497 e. The summed E-state index contributed by atoms with van der Waals surface area (Å²) in [4.78, 5) is 29.1. The van der Waals surface area contributed by atoms with Gasteiger partial charge in [0, 0.05) is 20.0 Å². The molecule has 0 unspecified atom stereocenters. The molecule has 0 aliphatic heterocycles. The van der Waals surface area contributed by atoms with Gasteiger partial charge in [-0.15, -0.1) is 0 Å². The number of nitrogens with zero attached hydrogens (tertiary/aromatic N) is 2. The van der Waals surface area contributed by atoms with E-state index in [1.54, 1.807) is 54.6 Å². The van der Waals surface area contributed by atoms with Crippen LogP contribution < -0.4 is 14.4 Å². The molecule has 1 N–H and O–H groups in total. The van der Waals surface area contributed by atoms with Crippen molar-refractivity contribution in [2.24, 2.45) is 0 Å². The molecular weight excluding hydrogens is 621 g/mol. The Morgan fingerprint density at radius 3 is 2.11 bits per heavy atom. The van der Waals surface area contributed by atoms with Gasteiger partial charge in [-0.1, -0.05) is 77.3 Å². The third-order valence-electron chi connectivity index (χ3n) is 7.10. The topological polar surface area (TPSA) is 96.0 Å². The quantitative estimate of drug-likeness (QED) is 0.206. The maximum atomic E-state index is 14.3. The Bertz CT molecular complexity index is 1700. The molecule has 4 aromatic carbocycles. The van der Waals surface area contributed by atoms with Crippen molar-refractivity contribution in [3.8, 4) is 5.75 Å². The third-order valence-corrected chi connectivity index (χ3v) is 9.63. The number of halogens is 2. The molecular formula is C33H33Cl2N3O5S. The molecule has 4 aromatic rings. The smallest absolute Gasteiger partial charge is 0.264 e. The Morgan fingerprint density at radius 1 is 0.864 bits per heavy atom. The van der Waals surface area contributed by atoms with E-state index in [0.717, 1.165) is 15.4 Å². The van der Waals surface area contributed by atoms with E-state index in [1.807, 2.05) is 37.3 Å². The summed E-state index contributed by atoms with van der Waals surface area (Å²) in [6, 6.07) is 26.0. The predicted octanol–water partition coefficient (Wildman–Crippen LogP) is 5.89. The van der Waals surface area contributed by atoms with Crippen LogP contribution in [-0.4, -0.2) is 51.9 Å². The fraction of sp³-hybridized carbons (Fsp3) is 0.212. The molecule has 0 saturated carbocycles. The highest BCUT2D eigenvalue weighted by atomic mass is 35.5. The lowest BCUT2D eigenvalue weighted by atomic mass is 10.0. The number of likely N-dealkylation sites (N-methyl/N-ethyl adjacent to an activating group) is 1. The highest BCUT2D eigenvalue weighted by molar-refractivity contribution is 7.92. The number of anilines is 1. The van der Waals surface area contributed by atoms with Crippen LogP contribution in [0, 0.1) is 6.92 Å². The number of rotatable bonds is 12. The number of carbonyl (C=O) groups excluding carboxylic acids is 2. The Kier molecular flexibility index (Phi) is 10.9. The van der Waals surface area contributed by atoms with Gasteiger partial charge in [0.05, 0.1) is 27.7 Å². The van der Waals surface area contributed by atoms with Gasteiger partial charge < -0.3 is 15.0 Å². The van der Waals surface area contributed by atoms with Crippen LogP contribution in [0.25, 0.3) is 0 Å². The lowest BCUT2D eigenvalue weighted by molar-refractivity contribution is -0.139. The summed E-state index contributed by atoms with van der Waals surface area (Å²) in [7, 11) is -1.21. The number of ether oxygens (including phenoxy) is 1. The van der Waals surface area contributed by atoms with Crippen molar-refractivity contribution in [1.82, 2.24) is 10.2 Å². The van der Waals surface area contributed by atoms with Gasteiger partial charge in [-0.2, -0.15) is 0 Å². The Morgan fingerprint density at radius 2 is 1.52 bits per heavy atom. The molecule has 0 spiro atoms. The normalized spacial score (nSPS) is 11.8. The van der Waals surface area contributed by atoms with E-state index in [2.05, 4.69) is 5.32 Å². The summed E-state index contributed by atoms with van der Waals surface area (Å²) in [5.74, 6) is -0.469. The molecule has 4 rings (SSSR count). The van der Waals surface area contributed by atoms with E-state index in [0.29, 0.717) is 16.3 Å². The van der Waals surface area contributed by atoms with Gasteiger partial charge in [-0.25, -0.2) is 8.42 Å². The van der Waals surface area contributed by atoms with Crippen molar-refractivity contribution in [3.05, 3.63) is 124 Å². The van der Waals surface area contributed by atoms with Gasteiger partial charge in [0.25, 0.3) is 10.0 Å². The van der Waals surface area contributed by atoms with Crippen LogP contribution in [0.1, 0.15) is 16.7 Å². The molecule has 0 bridgehead atoms. The fourth-order valence-electron chi connectivity index (χ4n) is 4.67. The van der Waals surface area contributed by atoms with Crippen LogP contribution in [0.3, 0.4) is 0 Å². The molecule has 0 heterocycles. The van der Waals surface area contributed by atoms with Gasteiger partial charge >= 0.3 is 0 Å². The number of hydrogen-bond donors (Lipinski definition) is 1. The first-order chi connectivity index (χ1) is 21.0. The second-order valence-electron chi connectivity index (χ2n) is 10.1. The van der Waals surface area contributed by atoms with E-state index < -0.39 is 34.4 Å². The van der Waals surface area contributed by atoms with E-state index in [9.17, 15) is 18.0 Å². The van der Waals surface area contributed by atoms with Crippen molar-refractivity contribution >= 4 is 50.7 Å². The van der Waals surface area contributed by atoms with E-state index in [-0.39, 0.29) is 28.6 Å². The number of nitrogens with one attached hydrogen (secondary N) is 1. The maximum absolute atomic E-state index is 14.3. The van der Waals surface area contributed by atoms with E-state index >= 15 is 0 Å². The minimum atomic E-state index is -4.21. The second kappa shape index (κ2) is 14.6. The van der Waals surface area contributed by atoms with E-state index in [4.69, 9.17) is 27.9 Å². The molecule has 0 aliphatic carbocycles. The highest BCUT2D eigenvalue weighted by Gasteiger charge is 2.34. The standard InChI is InChI=1S/C33H33Cl2N3O5S/c1-23-9-16-28(17-10-23)44(41,42)38(26-12-14-27(43-3)15-13-26)22-32(39)37(21-25-11-18-29(34)30(35)19-25)31(33(40)36-2)20-24-7-5-4-6-8-24/h4-19,31H,20-22H2,1-3H3,(H,36,40)/t31-/m0/s1. The first-order valence-electron chi connectivity index (χ1n) is 13.8. The second-order valence-corrected chi connectivity index (χ2v) is 12.8. The van der Waals surface area contributed by atoms with E-state index in [1.165, 1.54) is 31.2 Å². The summed E-state index contributed by atoms with van der Waals surface area (Å²) >= 11 is 12.4. The van der Waals surface area contributed by atoms with Gasteiger partial charge in [0.2, 0.25) is 11.8 Å². The molecule has 1 atom stereocenters. The number of hydrogen-bond acceptors (Lipinski definition) is 5. The summed E-state index contributed by atoms with van der Waals surface area (Å²) in [6.07, 6.45) is 0.195. The number of benzene rings is 4. The summed E-state index contributed by atoms with van der Waals surface area (Å²) < 4.78 is 34.4. The van der Waals surface area contributed by atoms with Gasteiger partial charge in [0.1, 0.15) is 18.3 Å². The Labute approximate surface area is 268 Å². The molecule has 0 aromatic heterocycles. The molecule has 44 heavy (non-hydrogen) atoms. The van der Waals surface area contributed by atoms with Crippen molar-refractivity contribution in [2.75, 3.05) is 25.0 Å². The molecule has 0 fully saturated rings. The number of carbonyl (C=O) groups is 2. The monoisotopic (exact) mass is 653 g/mol. The number of sulfonamides is 1. The van der Waals surface area contributed by atoms with Crippen LogP contribution in [-0.2, 0) is 32.6 Å². The molecule has 230 valence electrons. The van der Waals surface area contributed by atoms with Crippen LogP contribution in [0.15, 0.2) is 102 Å². The van der Waals surface area contributed by atoms with Crippen LogP contribution >= 0.6 is 23.2 Å². The number of aryl methyl sites for hydroxylation is 1. The Balaban J connectivity index is 1.80. The number of methoxy groups -OCH3 is 1. The largest absolute Gasteiger partial charge is 0.497 e. The van der Waals surface area contributed by atoms with Crippen LogP contribution in [0.2, 0.25) is 10.0 Å². The van der Waals surface area contributed by atoms with Crippen molar-refractivity contribution in [1.29, 1.82) is 0 Å². The zero-order valence-electron chi connectivity index (χ0n) is 24.5. The van der Waals surface area contributed by atoms with Crippen LogP contribution in [0.5, 0.6) is 5.75 Å². The molecule has 2 amide bonds. The highest BCUT2D eigenvalue weighted by Crippen LogP contribution is 2.28. The van der Waals surface area contributed by atoms with Gasteiger partial charge in [-0.3, -0.25) is 13.9 Å². The van der Waals surface area contributed by atoms with Crippen molar-refractivity contribution < 1.29 is 22.7 Å². The molecule has 0 saturated heterocycles. The van der Waals surface area contributed by atoms with Gasteiger partial charge in [0.15, 0.2) is 0 Å². The summed E-state index contributed by atoms with van der Waals surface area (Å²) in [6.45, 7) is 1.25. The molecule has 0 aliphatic rings. The van der Waals surface area contributed by atoms with Crippen molar-refractivity contribution in [2.45, 2.75) is 30.8 Å². The number of amides is 2. The lowest BCUT2D eigenvalue weighted by Gasteiger charge is -2.33. The first-order valence-corrected chi connectivity index (χ1v) is 16.0. The maximum Gasteiger partial charge on any atom is 0.264 e. The predicted molar refractivity (Wildman–Crippen MR) is 174 cm³/mol. The zero-order chi connectivity index (χ0) is 31.9. The van der Waals surface area contributed by atoms with Gasteiger partial charge in [-0.05, 0) is 66.6 Å². The average molecular weight is 655 g/mol. The zero-order valence-corrected chi connectivity index (χ0v) is 26.9. The molecule has 8 nitrogen and oxygen atoms in total. The fourth-order valence-corrected chi connectivity index (χ4v) is 6.40. The van der Waals surface area contributed by atoms with Crippen molar-refractivity contribution in [3.63, 3.8) is 0 Å². The molecule has 11 heteroatoms. The Hall–Kier alpha value is -4.05. The average Bonchev–Trinajstić information content (AvgIpc) is 3.03. The summed E-state index contributed by atoms with van der Waals surface area (Å²) in [5.41, 5.74) is 2.59. The third kappa shape index (κ3) is 7.91. The van der Waals surface area contributed by atoms with Crippen LogP contribution in [0.4, 0.5) is 5.69 Å². The molecule has 0 radical (unpaired) electrons. The SMILES string of the molecule is CNC(=O)[C@H](Cc1ccccc1)N(Cc1ccc(Cl)c(Cl)c1)C(=O)CN(c1ccc(OC)cc1)S(=O)(=O)c1ccc(C)cc1. The first kappa shape index (κ1) is 32.9. The summed E-state index contributed by atoms with van der Waals surface area (Å²) in [5, 5.41) is 3.29. The lowest BCUT2D eigenvalue weighted by Crippen LogP contribution is -2.53.